The number of aliphatic carboxylic acids is 3. The number of carbonyl (C=O) groups is 4. The Morgan fingerprint density at radius 3 is 1.88 bits per heavy atom. The Morgan fingerprint density at radius 1 is 0.690 bits per heavy atom. The van der Waals surface area contributed by atoms with Gasteiger partial charge in [0.25, 0.3) is 0 Å². The van der Waals surface area contributed by atoms with Crippen LogP contribution in [-0.2, 0) is 38.1 Å². The van der Waals surface area contributed by atoms with Gasteiger partial charge in [-0.15, -0.1) is 0 Å². The quantitative estimate of drug-likeness (QED) is 0.171. The fraction of sp³-hybridized carbons (Fsp3) is 0.857. The minimum atomic E-state index is -2.05. The van der Waals surface area contributed by atoms with Gasteiger partial charge in [-0.1, -0.05) is 47.1 Å². The number of hydrogen-bond donors (Lipinski definition) is 8. The number of carboxylic acid groups (broad SMARTS) is 3. The highest BCUT2D eigenvalue weighted by atomic mass is 16.8. The first kappa shape index (κ1) is 43.5. The van der Waals surface area contributed by atoms with Crippen molar-refractivity contribution in [3.05, 3.63) is 11.6 Å². The summed E-state index contributed by atoms with van der Waals surface area (Å²) >= 11 is 0. The largest absolute Gasteiger partial charge is 0.481 e. The molecule has 326 valence electrons. The molecule has 4 unspecified atom stereocenters. The summed E-state index contributed by atoms with van der Waals surface area (Å²) in [5, 5.41) is 83.0. The van der Waals surface area contributed by atoms with Crippen LogP contribution in [0, 0.1) is 50.2 Å². The van der Waals surface area contributed by atoms with Crippen LogP contribution in [0.2, 0.25) is 0 Å². The van der Waals surface area contributed by atoms with Gasteiger partial charge in [0.2, 0.25) is 0 Å². The molecule has 0 amide bonds. The molecule has 0 aromatic rings. The monoisotopic (exact) mass is 822 g/mol. The van der Waals surface area contributed by atoms with Gasteiger partial charge in [-0.05, 0) is 110 Å². The molecule has 2 aliphatic heterocycles. The normalized spacial score (nSPS) is 52.6. The minimum Gasteiger partial charge on any atom is -0.481 e. The van der Waals surface area contributed by atoms with Gasteiger partial charge in [-0.2, -0.15) is 0 Å². The van der Waals surface area contributed by atoms with Crippen LogP contribution < -0.4 is 0 Å². The molecule has 0 radical (unpaired) electrons. The third-order valence-corrected chi connectivity index (χ3v) is 17.2. The molecule has 7 rings (SSSR count). The number of carbonyl (C=O) groups excluding carboxylic acids is 1. The smallest absolute Gasteiger partial charge is 0.335 e. The van der Waals surface area contributed by atoms with Gasteiger partial charge in [-0.3, -0.25) is 9.59 Å². The van der Waals surface area contributed by atoms with Crippen molar-refractivity contribution < 1.29 is 79.0 Å². The minimum absolute atomic E-state index is 0.0217. The Kier molecular flexibility index (Phi) is 10.7. The van der Waals surface area contributed by atoms with E-state index in [4.69, 9.17) is 18.9 Å². The average molecular weight is 823 g/mol. The van der Waals surface area contributed by atoms with Gasteiger partial charge in [0.15, 0.2) is 30.6 Å². The van der Waals surface area contributed by atoms with Crippen molar-refractivity contribution in [3.8, 4) is 0 Å². The van der Waals surface area contributed by atoms with E-state index in [1.54, 1.807) is 0 Å². The molecule has 8 N–H and O–H groups in total. The molecule has 4 saturated carbocycles. The van der Waals surface area contributed by atoms with Crippen molar-refractivity contribution in [2.75, 3.05) is 0 Å². The number of aliphatic hydroxyl groups excluding tert-OH is 5. The molecule has 58 heavy (non-hydrogen) atoms. The van der Waals surface area contributed by atoms with Crippen LogP contribution >= 0.6 is 0 Å². The van der Waals surface area contributed by atoms with Crippen molar-refractivity contribution in [3.63, 3.8) is 0 Å². The fourth-order valence-corrected chi connectivity index (χ4v) is 13.4. The zero-order valence-corrected chi connectivity index (χ0v) is 34.4. The summed E-state index contributed by atoms with van der Waals surface area (Å²) in [6, 6.07) is 0. The number of ether oxygens (including phenoxy) is 4. The summed E-state index contributed by atoms with van der Waals surface area (Å²) in [7, 11) is 0. The molecule has 6 fully saturated rings. The predicted octanol–water partition coefficient (Wildman–Crippen LogP) is 2.25. The van der Waals surface area contributed by atoms with Crippen molar-refractivity contribution in [1.82, 2.24) is 0 Å². The number of aliphatic hydroxyl groups is 5. The van der Waals surface area contributed by atoms with Crippen LogP contribution in [0.1, 0.15) is 106 Å². The maximum Gasteiger partial charge on any atom is 0.335 e. The molecule has 16 heteroatoms. The van der Waals surface area contributed by atoms with Crippen LogP contribution in [-0.4, -0.2) is 132 Å². The van der Waals surface area contributed by atoms with Gasteiger partial charge in [0.1, 0.15) is 36.6 Å². The van der Waals surface area contributed by atoms with Gasteiger partial charge in [-0.25, -0.2) is 9.59 Å². The van der Waals surface area contributed by atoms with Gasteiger partial charge in [0, 0.05) is 5.92 Å². The first-order valence-corrected chi connectivity index (χ1v) is 20.7. The number of hydrogen-bond acceptors (Lipinski definition) is 13. The van der Waals surface area contributed by atoms with Gasteiger partial charge in [0.05, 0.1) is 11.5 Å². The second-order valence-corrected chi connectivity index (χ2v) is 20.6. The highest BCUT2D eigenvalue weighted by molar-refractivity contribution is 5.95. The number of fused-ring (bicyclic) bond motifs is 7. The van der Waals surface area contributed by atoms with E-state index in [1.807, 2.05) is 26.8 Å². The summed E-state index contributed by atoms with van der Waals surface area (Å²) in [6.45, 7) is 14.8. The number of ketones is 1. The van der Waals surface area contributed by atoms with E-state index in [0.29, 0.717) is 25.7 Å². The van der Waals surface area contributed by atoms with Gasteiger partial charge < -0.3 is 59.8 Å². The van der Waals surface area contributed by atoms with E-state index in [9.17, 15) is 60.0 Å². The van der Waals surface area contributed by atoms with Crippen molar-refractivity contribution in [2.45, 2.75) is 174 Å². The van der Waals surface area contributed by atoms with Crippen molar-refractivity contribution in [1.29, 1.82) is 0 Å². The first-order valence-electron chi connectivity index (χ1n) is 20.7. The maximum absolute atomic E-state index is 14.8. The standard InChI is InChI=1S/C42H62O16/c1-37(2)21-8-11-42(7)31(20(43)16-18-19-17-39(4,36(53)54)13-12-38(19,3)14-15-41(18,42)6)40(21,5)10-9-22(37)55-35-30(26(47)25(46)29(57-35)33(51)52)58-34-27(48)23(44)24(45)28(56-34)32(49)50/h16,19,21-31,34-35,44-48H,8-15,17H2,1-7H3,(H,49,50)(H,51,52)(H,53,54)/t19?,21?,22?,23-,24-,25-,26-,27+,28-,29-,30+,31?,34-,35+,38+,39-,40-,41+,42+/m0/s1. The average Bonchev–Trinajstić information content (AvgIpc) is 3.13. The molecular weight excluding hydrogens is 760 g/mol. The number of carboxylic acids is 3. The second-order valence-electron chi connectivity index (χ2n) is 20.6. The third kappa shape index (κ3) is 6.25. The van der Waals surface area contributed by atoms with Crippen LogP contribution in [0.5, 0.6) is 0 Å². The zero-order chi connectivity index (χ0) is 42.9. The molecule has 0 spiro atoms. The summed E-state index contributed by atoms with van der Waals surface area (Å²) in [5.41, 5.74) is -1.81. The molecule has 2 heterocycles. The SMILES string of the molecule is CC1(C)C(O[C@@H]2O[C@H](C(=O)O)[C@@H](O)[C@H](O)[C@H]2O[C@@H]2O[C@H](C(=O)O)[C@@H](O)[C@H](O)[C@H]2O)CC[C@@]2(C)C1CC[C@]1(C)C2C(=O)C=C2C3C[C@@](C)(C(=O)O)CC[C@]3(C)CC[C@]21C. The zero-order valence-electron chi connectivity index (χ0n) is 34.4. The first-order chi connectivity index (χ1) is 26.8. The molecule has 19 atom stereocenters. The molecular formula is C42H62O16. The van der Waals surface area contributed by atoms with E-state index < -0.39 is 107 Å². The number of rotatable bonds is 7. The molecule has 2 saturated heterocycles. The van der Waals surface area contributed by atoms with Crippen molar-refractivity contribution in [2.24, 2.45) is 50.2 Å². The summed E-state index contributed by atoms with van der Waals surface area (Å²) in [4.78, 5) is 51.3. The van der Waals surface area contributed by atoms with Crippen LogP contribution in [0.3, 0.4) is 0 Å². The van der Waals surface area contributed by atoms with E-state index >= 15 is 0 Å². The molecule has 0 bridgehead atoms. The number of allylic oxidation sites excluding steroid dienone is 2. The van der Waals surface area contributed by atoms with Crippen LogP contribution in [0.15, 0.2) is 11.6 Å². The highest BCUT2D eigenvalue weighted by Crippen LogP contribution is 2.75. The molecule has 16 nitrogen and oxygen atoms in total. The Labute approximate surface area is 337 Å². The third-order valence-electron chi connectivity index (χ3n) is 17.2. The Hall–Kier alpha value is -2.54. The maximum atomic E-state index is 14.8. The predicted molar refractivity (Wildman–Crippen MR) is 199 cm³/mol. The van der Waals surface area contributed by atoms with E-state index in [0.717, 1.165) is 37.7 Å². The van der Waals surface area contributed by atoms with Crippen LogP contribution in [0.4, 0.5) is 0 Å². The lowest BCUT2D eigenvalue weighted by Gasteiger charge is -2.70. The van der Waals surface area contributed by atoms with Crippen LogP contribution in [0.25, 0.3) is 0 Å². The van der Waals surface area contributed by atoms with Crippen molar-refractivity contribution >= 4 is 23.7 Å². The van der Waals surface area contributed by atoms with Gasteiger partial charge >= 0.3 is 17.9 Å². The summed E-state index contributed by atoms with van der Waals surface area (Å²) < 4.78 is 23.4. The second kappa shape index (κ2) is 14.3. The lowest BCUT2D eigenvalue weighted by atomic mass is 9.33. The Balaban J connectivity index is 1.17. The molecule has 7 aliphatic rings. The molecule has 0 aromatic carbocycles. The van der Waals surface area contributed by atoms with E-state index in [2.05, 4.69) is 27.7 Å². The topological polar surface area (TPSA) is 267 Å². The summed E-state index contributed by atoms with van der Waals surface area (Å²) in [5.74, 6) is -4.47. The van der Waals surface area contributed by atoms with E-state index in [-0.39, 0.29) is 34.4 Å². The summed E-state index contributed by atoms with van der Waals surface area (Å²) in [6.07, 6.45) is -12.2. The fourth-order valence-electron chi connectivity index (χ4n) is 13.4. The van der Waals surface area contributed by atoms with E-state index in [1.165, 1.54) is 0 Å². The Bertz CT molecular complexity index is 1730. The highest BCUT2D eigenvalue weighted by Gasteiger charge is 2.71. The molecule has 5 aliphatic carbocycles. The lowest BCUT2D eigenvalue weighted by molar-refractivity contribution is -0.371. The Morgan fingerprint density at radius 2 is 1.28 bits per heavy atom. The molecule has 0 aromatic heterocycles. The lowest BCUT2D eigenvalue weighted by Crippen LogP contribution is -2.68.